The second kappa shape index (κ2) is 6.49. The molecular formula is C19H19F2NO. The number of hydrogen-bond donors (Lipinski definition) is 1. The summed E-state index contributed by atoms with van der Waals surface area (Å²) in [5.74, 6) is -0.623. The van der Waals surface area contributed by atoms with Crippen LogP contribution in [0.2, 0.25) is 0 Å². The summed E-state index contributed by atoms with van der Waals surface area (Å²) in [5, 5.41) is 2.95. The van der Waals surface area contributed by atoms with Crippen LogP contribution >= 0.6 is 0 Å². The fourth-order valence-electron chi connectivity index (χ4n) is 3.10. The van der Waals surface area contributed by atoms with Crippen molar-refractivity contribution in [1.82, 2.24) is 5.32 Å². The maximum Gasteiger partial charge on any atom is 0.230 e. The molecule has 1 fully saturated rings. The summed E-state index contributed by atoms with van der Waals surface area (Å²) < 4.78 is 26.3. The number of carbonyl (C=O) groups excluding carboxylic acids is 1. The average molecular weight is 315 g/mol. The first kappa shape index (κ1) is 15.7. The van der Waals surface area contributed by atoms with E-state index in [4.69, 9.17) is 0 Å². The number of carbonyl (C=O) groups is 1. The molecule has 23 heavy (non-hydrogen) atoms. The molecular weight excluding hydrogens is 296 g/mol. The second-order valence-corrected chi connectivity index (χ2v) is 6.08. The summed E-state index contributed by atoms with van der Waals surface area (Å²) in [6, 6.07) is 12.6. The zero-order valence-electron chi connectivity index (χ0n) is 12.8. The van der Waals surface area contributed by atoms with Gasteiger partial charge >= 0.3 is 0 Å². The Bertz CT molecular complexity index is 693. The van der Waals surface area contributed by atoms with Gasteiger partial charge in [0.25, 0.3) is 0 Å². The minimum Gasteiger partial charge on any atom is -0.355 e. The topological polar surface area (TPSA) is 29.1 Å². The molecule has 0 heterocycles. The van der Waals surface area contributed by atoms with Crippen molar-refractivity contribution in [2.24, 2.45) is 0 Å². The van der Waals surface area contributed by atoms with Gasteiger partial charge in [0.05, 0.1) is 5.41 Å². The molecule has 0 unspecified atom stereocenters. The van der Waals surface area contributed by atoms with Crippen LogP contribution in [0.25, 0.3) is 0 Å². The van der Waals surface area contributed by atoms with Gasteiger partial charge in [-0.2, -0.15) is 0 Å². The van der Waals surface area contributed by atoms with E-state index in [2.05, 4.69) is 5.32 Å². The van der Waals surface area contributed by atoms with Gasteiger partial charge in [0, 0.05) is 6.54 Å². The number of rotatable bonds is 5. The maximum atomic E-state index is 13.5. The first-order chi connectivity index (χ1) is 11.1. The Morgan fingerprint density at radius 3 is 2.39 bits per heavy atom. The van der Waals surface area contributed by atoms with Crippen molar-refractivity contribution in [2.45, 2.75) is 31.1 Å². The third-order valence-electron chi connectivity index (χ3n) is 4.63. The third kappa shape index (κ3) is 3.26. The zero-order chi connectivity index (χ0) is 16.3. The monoisotopic (exact) mass is 315 g/mol. The number of nitrogens with one attached hydrogen (secondary N) is 1. The Kier molecular flexibility index (Phi) is 4.42. The highest BCUT2D eigenvalue weighted by molar-refractivity contribution is 5.89. The van der Waals surface area contributed by atoms with Crippen LogP contribution in [0.4, 0.5) is 8.78 Å². The Labute approximate surface area is 134 Å². The fourth-order valence-corrected chi connectivity index (χ4v) is 3.10. The van der Waals surface area contributed by atoms with Crippen molar-refractivity contribution in [1.29, 1.82) is 0 Å². The molecule has 120 valence electrons. The van der Waals surface area contributed by atoms with Crippen LogP contribution in [0.1, 0.15) is 30.4 Å². The molecule has 0 saturated heterocycles. The first-order valence-electron chi connectivity index (χ1n) is 7.89. The highest BCUT2D eigenvalue weighted by atomic mass is 19.1. The van der Waals surface area contributed by atoms with E-state index in [0.29, 0.717) is 13.0 Å². The van der Waals surface area contributed by atoms with Crippen molar-refractivity contribution in [3.8, 4) is 0 Å². The van der Waals surface area contributed by atoms with Crippen LogP contribution in [0.3, 0.4) is 0 Å². The third-order valence-corrected chi connectivity index (χ3v) is 4.63. The van der Waals surface area contributed by atoms with Crippen LogP contribution in [-0.2, 0) is 16.6 Å². The molecule has 1 saturated carbocycles. The van der Waals surface area contributed by atoms with Crippen molar-refractivity contribution in [3.63, 3.8) is 0 Å². The van der Waals surface area contributed by atoms with Crippen molar-refractivity contribution < 1.29 is 13.6 Å². The van der Waals surface area contributed by atoms with E-state index in [1.165, 1.54) is 24.3 Å². The lowest BCUT2D eigenvalue weighted by atomic mass is 9.64. The van der Waals surface area contributed by atoms with Gasteiger partial charge in [-0.15, -0.1) is 0 Å². The number of amides is 1. The lowest BCUT2D eigenvalue weighted by Gasteiger charge is -2.40. The predicted octanol–water partition coefficient (Wildman–Crippen LogP) is 3.75. The minimum absolute atomic E-state index is 0.0449. The van der Waals surface area contributed by atoms with Crippen molar-refractivity contribution in [3.05, 3.63) is 71.3 Å². The Balaban J connectivity index is 1.63. The maximum absolute atomic E-state index is 13.5. The standard InChI is InChI=1S/C19H19F2NO/c20-16-7-5-14(6-8-16)9-12-22-18(23)19(10-2-11-19)15-3-1-4-17(21)13-15/h1,3-8,13H,2,9-12H2,(H,22,23). The van der Waals surface area contributed by atoms with Crippen LogP contribution in [0.15, 0.2) is 48.5 Å². The van der Waals surface area contributed by atoms with E-state index < -0.39 is 5.41 Å². The fraction of sp³-hybridized carbons (Fsp3) is 0.316. The summed E-state index contributed by atoms with van der Waals surface area (Å²) in [6.07, 6.45) is 3.12. The lowest BCUT2D eigenvalue weighted by Crippen LogP contribution is -2.49. The van der Waals surface area contributed by atoms with Gasteiger partial charge in [0.1, 0.15) is 11.6 Å². The SMILES string of the molecule is O=C(NCCc1ccc(F)cc1)C1(c2cccc(F)c2)CCC1. The van der Waals surface area contributed by atoms with Gasteiger partial charge in [0.2, 0.25) is 5.91 Å². The normalized spacial score (nSPS) is 15.7. The van der Waals surface area contributed by atoms with Crippen LogP contribution in [0, 0.1) is 11.6 Å². The number of hydrogen-bond acceptors (Lipinski definition) is 1. The number of halogens is 2. The molecule has 0 aromatic heterocycles. The van der Waals surface area contributed by atoms with Gasteiger partial charge in [-0.3, -0.25) is 4.79 Å². The summed E-state index contributed by atoms with van der Waals surface area (Å²) in [4.78, 5) is 12.6. The molecule has 2 nitrogen and oxygen atoms in total. The largest absolute Gasteiger partial charge is 0.355 e. The summed E-state index contributed by atoms with van der Waals surface area (Å²) in [5.41, 5.74) is 1.13. The molecule has 4 heteroatoms. The van der Waals surface area contributed by atoms with Gasteiger partial charge in [-0.05, 0) is 54.7 Å². The molecule has 2 aromatic carbocycles. The minimum atomic E-state index is -0.592. The molecule has 1 aliphatic carbocycles. The molecule has 2 aromatic rings. The molecule has 0 radical (unpaired) electrons. The molecule has 0 aliphatic heterocycles. The highest BCUT2D eigenvalue weighted by Crippen LogP contribution is 2.44. The summed E-state index contributed by atoms with van der Waals surface area (Å²) >= 11 is 0. The van der Waals surface area contributed by atoms with E-state index in [-0.39, 0.29) is 17.5 Å². The zero-order valence-corrected chi connectivity index (χ0v) is 12.8. The van der Waals surface area contributed by atoms with E-state index in [0.717, 1.165) is 30.4 Å². The van der Waals surface area contributed by atoms with Gasteiger partial charge in [-0.1, -0.05) is 30.7 Å². The Morgan fingerprint density at radius 1 is 1.04 bits per heavy atom. The van der Waals surface area contributed by atoms with Gasteiger partial charge in [-0.25, -0.2) is 8.78 Å². The molecule has 1 amide bonds. The van der Waals surface area contributed by atoms with Crippen LogP contribution in [-0.4, -0.2) is 12.5 Å². The Morgan fingerprint density at radius 2 is 1.78 bits per heavy atom. The van der Waals surface area contributed by atoms with Crippen molar-refractivity contribution >= 4 is 5.91 Å². The lowest BCUT2D eigenvalue weighted by molar-refractivity contribution is -0.129. The molecule has 1 N–H and O–H groups in total. The molecule has 3 rings (SSSR count). The highest BCUT2D eigenvalue weighted by Gasteiger charge is 2.45. The predicted molar refractivity (Wildman–Crippen MR) is 85.0 cm³/mol. The van der Waals surface area contributed by atoms with E-state index in [9.17, 15) is 13.6 Å². The molecule has 0 atom stereocenters. The van der Waals surface area contributed by atoms with E-state index >= 15 is 0 Å². The summed E-state index contributed by atoms with van der Waals surface area (Å²) in [6.45, 7) is 0.488. The quantitative estimate of drug-likeness (QED) is 0.894. The van der Waals surface area contributed by atoms with Crippen LogP contribution < -0.4 is 5.32 Å². The molecule has 0 bridgehead atoms. The molecule has 1 aliphatic rings. The first-order valence-corrected chi connectivity index (χ1v) is 7.89. The number of benzene rings is 2. The summed E-state index contributed by atoms with van der Waals surface area (Å²) in [7, 11) is 0. The van der Waals surface area contributed by atoms with Crippen LogP contribution in [0.5, 0.6) is 0 Å². The smallest absolute Gasteiger partial charge is 0.230 e. The van der Waals surface area contributed by atoms with Gasteiger partial charge < -0.3 is 5.32 Å². The van der Waals surface area contributed by atoms with Crippen molar-refractivity contribution in [2.75, 3.05) is 6.54 Å². The van der Waals surface area contributed by atoms with E-state index in [1.54, 1.807) is 18.2 Å². The average Bonchev–Trinajstić information content (AvgIpc) is 2.48. The Hall–Kier alpha value is -2.23. The van der Waals surface area contributed by atoms with Gasteiger partial charge in [0.15, 0.2) is 0 Å². The molecule has 0 spiro atoms. The second-order valence-electron chi connectivity index (χ2n) is 6.08. The van der Waals surface area contributed by atoms with E-state index in [1.807, 2.05) is 6.07 Å².